The number of aromatic nitrogens is 4. The van der Waals surface area contributed by atoms with Crippen molar-refractivity contribution in [1.29, 1.82) is 0 Å². The van der Waals surface area contributed by atoms with Crippen LogP contribution in [0.4, 0.5) is 5.69 Å². The van der Waals surface area contributed by atoms with Crippen LogP contribution < -0.4 is 11.3 Å². The van der Waals surface area contributed by atoms with Crippen LogP contribution >= 0.6 is 11.6 Å². The fourth-order valence-electron chi connectivity index (χ4n) is 2.61. The molecule has 0 aliphatic heterocycles. The zero-order valence-electron chi connectivity index (χ0n) is 11.0. The highest BCUT2D eigenvalue weighted by molar-refractivity contribution is 6.31. The van der Waals surface area contributed by atoms with Gasteiger partial charge in [-0.3, -0.25) is 14.0 Å². The third kappa shape index (κ3) is 2.43. The molecule has 0 unspecified atom stereocenters. The molecule has 0 saturated heterocycles. The summed E-state index contributed by atoms with van der Waals surface area (Å²) in [4.78, 5) is 15.8. The van der Waals surface area contributed by atoms with Crippen LogP contribution in [0.3, 0.4) is 0 Å². The Kier molecular flexibility index (Phi) is 3.48. The van der Waals surface area contributed by atoms with E-state index in [1.54, 1.807) is 0 Å². The average Bonchev–Trinajstić information content (AvgIpc) is 3.10. The average molecular weight is 294 g/mol. The highest BCUT2D eigenvalue weighted by Gasteiger charge is 2.17. The van der Waals surface area contributed by atoms with Crippen LogP contribution in [0.1, 0.15) is 37.4 Å². The summed E-state index contributed by atoms with van der Waals surface area (Å²) in [5.74, 6) is 0. The van der Waals surface area contributed by atoms with Gasteiger partial charge in [0.1, 0.15) is 5.69 Å². The first kappa shape index (κ1) is 13.2. The lowest BCUT2D eigenvalue weighted by molar-refractivity contribution is 0.461. The van der Waals surface area contributed by atoms with E-state index >= 15 is 0 Å². The summed E-state index contributed by atoms with van der Waals surface area (Å²) in [7, 11) is 0. The Morgan fingerprint density at radius 2 is 2.15 bits per heavy atom. The van der Waals surface area contributed by atoms with E-state index in [0.717, 1.165) is 5.69 Å². The van der Waals surface area contributed by atoms with Crippen LogP contribution in [0.5, 0.6) is 0 Å². The molecule has 0 amide bonds. The van der Waals surface area contributed by atoms with E-state index in [9.17, 15) is 4.79 Å². The maximum absolute atomic E-state index is 11.9. The van der Waals surface area contributed by atoms with Gasteiger partial charge in [0, 0.05) is 6.20 Å². The lowest BCUT2D eigenvalue weighted by Gasteiger charge is -2.09. The van der Waals surface area contributed by atoms with Crippen molar-refractivity contribution in [3.8, 4) is 0 Å². The van der Waals surface area contributed by atoms with Crippen molar-refractivity contribution in [3.05, 3.63) is 39.8 Å². The third-order valence-electron chi connectivity index (χ3n) is 3.72. The highest BCUT2D eigenvalue weighted by Crippen LogP contribution is 2.28. The second kappa shape index (κ2) is 5.28. The molecule has 3 rings (SSSR count). The fourth-order valence-corrected chi connectivity index (χ4v) is 2.73. The minimum Gasteiger partial charge on any atom is -0.392 e. The number of hydrogen-bond acceptors (Lipinski definition) is 4. The van der Waals surface area contributed by atoms with E-state index in [0.29, 0.717) is 12.6 Å². The molecule has 1 aliphatic carbocycles. The Balaban J connectivity index is 1.81. The standard InChI is InChI=1S/C13H16ClN5O/c14-12-11(15)13(20)18(8-16-12)7-9-5-6-19(17-9)10-3-1-2-4-10/h5-6,8,10H,1-4,7,15H2. The first-order valence-electron chi connectivity index (χ1n) is 6.69. The number of nitrogen functional groups attached to an aromatic ring is 1. The summed E-state index contributed by atoms with van der Waals surface area (Å²) in [5.41, 5.74) is 6.05. The largest absolute Gasteiger partial charge is 0.392 e. The summed E-state index contributed by atoms with van der Waals surface area (Å²) < 4.78 is 3.42. The SMILES string of the molecule is Nc1c(Cl)ncn(Cc2ccn(C3CCCC3)n2)c1=O. The van der Waals surface area contributed by atoms with Crippen molar-refractivity contribution in [2.45, 2.75) is 38.3 Å². The minimum atomic E-state index is -0.333. The summed E-state index contributed by atoms with van der Waals surface area (Å²) >= 11 is 5.71. The molecule has 2 heterocycles. The molecule has 6 nitrogen and oxygen atoms in total. The van der Waals surface area contributed by atoms with Crippen LogP contribution in [0.15, 0.2) is 23.4 Å². The zero-order valence-corrected chi connectivity index (χ0v) is 11.8. The normalized spacial score (nSPS) is 15.8. The molecular formula is C13H16ClN5O. The van der Waals surface area contributed by atoms with Crippen LogP contribution in [0, 0.1) is 0 Å². The van der Waals surface area contributed by atoms with Crippen molar-refractivity contribution in [2.75, 3.05) is 5.73 Å². The van der Waals surface area contributed by atoms with Gasteiger partial charge < -0.3 is 5.73 Å². The molecule has 2 aromatic heterocycles. The summed E-state index contributed by atoms with van der Waals surface area (Å²) in [6.07, 6.45) is 8.25. The lowest BCUT2D eigenvalue weighted by Crippen LogP contribution is -2.24. The lowest BCUT2D eigenvalue weighted by atomic mass is 10.3. The molecule has 7 heteroatoms. The number of nitrogens with zero attached hydrogens (tertiary/aromatic N) is 4. The predicted molar refractivity (Wildman–Crippen MR) is 76.8 cm³/mol. The van der Waals surface area contributed by atoms with Gasteiger partial charge in [-0.2, -0.15) is 5.10 Å². The highest BCUT2D eigenvalue weighted by atomic mass is 35.5. The molecule has 0 spiro atoms. The zero-order chi connectivity index (χ0) is 14.1. The maximum atomic E-state index is 11.9. The van der Waals surface area contributed by atoms with E-state index < -0.39 is 0 Å². The number of nitrogens with two attached hydrogens (primary N) is 1. The Morgan fingerprint density at radius 1 is 1.40 bits per heavy atom. The van der Waals surface area contributed by atoms with E-state index in [2.05, 4.69) is 10.1 Å². The molecule has 0 atom stereocenters. The molecule has 0 aromatic carbocycles. The van der Waals surface area contributed by atoms with Gasteiger partial charge in [-0.1, -0.05) is 24.4 Å². The Labute approximate surface area is 121 Å². The second-order valence-corrected chi connectivity index (χ2v) is 5.47. The summed E-state index contributed by atoms with van der Waals surface area (Å²) in [6, 6.07) is 2.42. The molecule has 1 aliphatic rings. The van der Waals surface area contributed by atoms with E-state index in [-0.39, 0.29) is 16.4 Å². The monoisotopic (exact) mass is 293 g/mol. The predicted octanol–water partition coefficient (Wildman–Crippen LogP) is 1.84. The van der Waals surface area contributed by atoms with Gasteiger partial charge in [-0.25, -0.2) is 4.98 Å². The van der Waals surface area contributed by atoms with Crippen molar-refractivity contribution in [2.24, 2.45) is 0 Å². The molecule has 1 saturated carbocycles. The summed E-state index contributed by atoms with van der Waals surface area (Å²) in [5, 5.41) is 4.58. The van der Waals surface area contributed by atoms with Gasteiger partial charge in [0.2, 0.25) is 0 Å². The summed E-state index contributed by atoms with van der Waals surface area (Å²) in [6.45, 7) is 0.354. The first-order valence-corrected chi connectivity index (χ1v) is 7.07. The van der Waals surface area contributed by atoms with Crippen LogP contribution in [0.2, 0.25) is 5.15 Å². The number of anilines is 1. The quantitative estimate of drug-likeness (QED) is 0.876. The van der Waals surface area contributed by atoms with Gasteiger partial charge in [0.05, 0.1) is 24.6 Å². The van der Waals surface area contributed by atoms with Crippen LogP contribution in [0.25, 0.3) is 0 Å². The first-order chi connectivity index (χ1) is 9.65. The Bertz CT molecular complexity index is 672. The molecular weight excluding hydrogens is 278 g/mol. The van der Waals surface area contributed by atoms with Gasteiger partial charge in [0.15, 0.2) is 5.15 Å². The van der Waals surface area contributed by atoms with Gasteiger partial charge >= 0.3 is 0 Å². The molecule has 0 bridgehead atoms. The minimum absolute atomic E-state index is 0.0237. The van der Waals surface area contributed by atoms with Crippen LogP contribution in [-0.2, 0) is 6.54 Å². The Hall–Kier alpha value is -1.82. The van der Waals surface area contributed by atoms with Crippen LogP contribution in [-0.4, -0.2) is 19.3 Å². The van der Waals surface area contributed by atoms with E-state index in [1.165, 1.54) is 36.6 Å². The second-order valence-electron chi connectivity index (χ2n) is 5.11. The molecule has 0 radical (unpaired) electrons. The van der Waals surface area contributed by atoms with E-state index in [4.69, 9.17) is 17.3 Å². The maximum Gasteiger partial charge on any atom is 0.278 e. The fraction of sp³-hybridized carbons (Fsp3) is 0.462. The molecule has 106 valence electrons. The van der Waals surface area contributed by atoms with Gasteiger partial charge in [-0.05, 0) is 18.9 Å². The van der Waals surface area contributed by atoms with Gasteiger partial charge in [0.25, 0.3) is 5.56 Å². The van der Waals surface area contributed by atoms with Crippen molar-refractivity contribution < 1.29 is 0 Å². The smallest absolute Gasteiger partial charge is 0.278 e. The number of halogens is 1. The number of hydrogen-bond donors (Lipinski definition) is 1. The molecule has 2 N–H and O–H groups in total. The molecule has 20 heavy (non-hydrogen) atoms. The van der Waals surface area contributed by atoms with Crippen molar-refractivity contribution in [1.82, 2.24) is 19.3 Å². The van der Waals surface area contributed by atoms with Crippen molar-refractivity contribution >= 4 is 17.3 Å². The topological polar surface area (TPSA) is 78.7 Å². The van der Waals surface area contributed by atoms with Crippen molar-refractivity contribution in [3.63, 3.8) is 0 Å². The van der Waals surface area contributed by atoms with Gasteiger partial charge in [-0.15, -0.1) is 0 Å². The molecule has 1 fully saturated rings. The Morgan fingerprint density at radius 3 is 2.90 bits per heavy atom. The van der Waals surface area contributed by atoms with E-state index in [1.807, 2.05) is 16.9 Å². The number of rotatable bonds is 3. The molecule has 2 aromatic rings. The third-order valence-corrected chi connectivity index (χ3v) is 4.02.